The Morgan fingerprint density at radius 1 is 1.00 bits per heavy atom. The van der Waals surface area contributed by atoms with Gasteiger partial charge in [0.2, 0.25) is 11.8 Å². The van der Waals surface area contributed by atoms with E-state index in [4.69, 9.17) is 4.74 Å². The second-order valence-corrected chi connectivity index (χ2v) is 8.71. The smallest absolute Gasteiger partial charge is 0.311 e. The molecule has 2 N–H and O–H groups in total. The van der Waals surface area contributed by atoms with E-state index >= 15 is 0 Å². The maximum Gasteiger partial charge on any atom is 0.311 e. The first-order valence-electron chi connectivity index (χ1n) is 10.9. The highest BCUT2D eigenvalue weighted by Gasteiger charge is 2.52. The van der Waals surface area contributed by atoms with Gasteiger partial charge in [0.05, 0.1) is 5.92 Å². The van der Waals surface area contributed by atoms with E-state index in [9.17, 15) is 14.4 Å². The zero-order chi connectivity index (χ0) is 20.2. The first-order valence-corrected chi connectivity index (χ1v) is 10.9. The summed E-state index contributed by atoms with van der Waals surface area (Å²) in [5.41, 5.74) is 0.970. The fourth-order valence-corrected chi connectivity index (χ4v) is 4.87. The quantitative estimate of drug-likeness (QED) is 0.495. The molecule has 2 amide bonds. The van der Waals surface area contributed by atoms with Crippen LogP contribution in [0.25, 0.3) is 0 Å². The Bertz CT molecular complexity index is 747. The van der Waals surface area contributed by atoms with E-state index < -0.39 is 0 Å². The van der Waals surface area contributed by atoms with Gasteiger partial charge in [0.1, 0.15) is 6.61 Å². The number of benzene rings is 1. The molecule has 3 fully saturated rings. The third-order valence-corrected chi connectivity index (χ3v) is 6.57. The van der Waals surface area contributed by atoms with Crippen LogP contribution in [0.4, 0.5) is 0 Å². The average molecular weight is 399 g/mol. The van der Waals surface area contributed by atoms with Crippen molar-refractivity contribution in [3.8, 4) is 0 Å². The Morgan fingerprint density at radius 3 is 2.52 bits per heavy atom. The highest BCUT2D eigenvalue weighted by atomic mass is 16.5. The monoisotopic (exact) mass is 398 g/mol. The van der Waals surface area contributed by atoms with E-state index in [0.717, 1.165) is 37.7 Å². The summed E-state index contributed by atoms with van der Waals surface area (Å²) >= 11 is 0. The van der Waals surface area contributed by atoms with Crippen LogP contribution in [0.5, 0.6) is 0 Å². The number of amides is 2. The molecule has 0 aliphatic heterocycles. The zero-order valence-electron chi connectivity index (χ0n) is 16.8. The maximum absolute atomic E-state index is 12.8. The second-order valence-electron chi connectivity index (χ2n) is 8.71. The molecule has 3 aliphatic rings. The molecule has 0 saturated heterocycles. The van der Waals surface area contributed by atoms with Gasteiger partial charge in [0.25, 0.3) is 0 Å². The molecule has 156 valence electrons. The summed E-state index contributed by atoms with van der Waals surface area (Å²) < 4.78 is 5.59. The molecular weight excluding hydrogens is 368 g/mol. The molecule has 0 unspecified atom stereocenters. The summed E-state index contributed by atoms with van der Waals surface area (Å²) in [5.74, 6) is 0.516. The third-order valence-electron chi connectivity index (χ3n) is 6.57. The van der Waals surface area contributed by atoms with Crippen LogP contribution in [0.3, 0.4) is 0 Å². The summed E-state index contributed by atoms with van der Waals surface area (Å²) in [7, 11) is 0. The molecule has 1 aromatic carbocycles. The molecule has 4 rings (SSSR count). The third kappa shape index (κ3) is 4.98. The van der Waals surface area contributed by atoms with E-state index in [2.05, 4.69) is 10.6 Å². The molecular formula is C23H30N2O4. The highest BCUT2D eigenvalue weighted by molar-refractivity contribution is 5.81. The maximum atomic E-state index is 12.8. The summed E-state index contributed by atoms with van der Waals surface area (Å²) in [6.07, 6.45) is 6.05. The van der Waals surface area contributed by atoms with E-state index in [0.29, 0.717) is 31.2 Å². The highest BCUT2D eigenvalue weighted by Crippen LogP contribution is 2.49. The van der Waals surface area contributed by atoms with E-state index in [1.54, 1.807) is 0 Å². The van der Waals surface area contributed by atoms with E-state index in [1.807, 2.05) is 30.3 Å². The fraction of sp³-hybridized carbons (Fsp3) is 0.609. The summed E-state index contributed by atoms with van der Waals surface area (Å²) in [4.78, 5) is 36.9. The minimum atomic E-state index is -0.240. The van der Waals surface area contributed by atoms with Crippen LogP contribution in [0.2, 0.25) is 0 Å². The van der Waals surface area contributed by atoms with Gasteiger partial charge in [-0.3, -0.25) is 14.4 Å². The van der Waals surface area contributed by atoms with E-state index in [1.165, 1.54) is 0 Å². The average Bonchev–Trinajstić information content (AvgIpc) is 3.40. The SMILES string of the molecule is O=C(CCCNC(=O)C1CC1)N[C@H]1[C@H]2CC[C@@H](C2)[C@H]1C(=O)OCc1ccccc1. The number of rotatable bonds is 9. The van der Waals surface area contributed by atoms with Crippen molar-refractivity contribution in [1.82, 2.24) is 10.6 Å². The topological polar surface area (TPSA) is 84.5 Å². The molecule has 0 spiro atoms. The van der Waals surface area contributed by atoms with Crippen LogP contribution >= 0.6 is 0 Å². The molecule has 6 nitrogen and oxygen atoms in total. The molecule has 3 saturated carbocycles. The number of fused-ring (bicyclic) bond motifs is 2. The standard InChI is InChI=1S/C23H30N2O4/c26-19(7-4-12-24-22(27)16-8-9-16)25-21-18-11-10-17(13-18)20(21)23(28)29-14-15-5-2-1-3-6-15/h1-3,5-6,16-18,20-21H,4,7-14H2,(H,24,27)(H,25,26)/t17-,18-,20+,21-/m0/s1. The Balaban J connectivity index is 1.24. The first kappa shape index (κ1) is 19.9. The summed E-state index contributed by atoms with van der Waals surface area (Å²) in [6, 6.07) is 9.55. The van der Waals surface area contributed by atoms with Gasteiger partial charge in [-0.25, -0.2) is 0 Å². The molecule has 2 bridgehead atoms. The number of carbonyl (C=O) groups is 3. The molecule has 29 heavy (non-hydrogen) atoms. The van der Waals surface area contributed by atoms with Crippen molar-refractivity contribution in [3.05, 3.63) is 35.9 Å². The molecule has 4 atom stereocenters. The number of nitrogens with one attached hydrogen (secondary N) is 2. The minimum Gasteiger partial charge on any atom is -0.461 e. The number of esters is 1. The van der Waals surface area contributed by atoms with Crippen LogP contribution in [0, 0.1) is 23.7 Å². The lowest BCUT2D eigenvalue weighted by Gasteiger charge is -2.30. The van der Waals surface area contributed by atoms with Crippen molar-refractivity contribution in [2.24, 2.45) is 23.7 Å². The Kier molecular flexibility index (Phi) is 6.16. The number of carbonyl (C=O) groups excluding carboxylic acids is 3. The van der Waals surface area contributed by atoms with Crippen molar-refractivity contribution < 1.29 is 19.1 Å². The van der Waals surface area contributed by atoms with E-state index in [-0.39, 0.29) is 42.3 Å². The fourth-order valence-electron chi connectivity index (χ4n) is 4.87. The zero-order valence-corrected chi connectivity index (χ0v) is 16.8. The van der Waals surface area contributed by atoms with Gasteiger partial charge < -0.3 is 15.4 Å². The summed E-state index contributed by atoms with van der Waals surface area (Å²) in [5, 5.41) is 6.00. The van der Waals surface area contributed by atoms with Gasteiger partial charge in [0.15, 0.2) is 0 Å². The van der Waals surface area contributed by atoms with Crippen LogP contribution < -0.4 is 10.6 Å². The van der Waals surface area contributed by atoms with Crippen LogP contribution in [0.1, 0.15) is 50.5 Å². The van der Waals surface area contributed by atoms with Crippen molar-refractivity contribution in [2.45, 2.75) is 57.6 Å². The first-order chi connectivity index (χ1) is 14.1. The Labute approximate surface area is 171 Å². The van der Waals surface area contributed by atoms with Gasteiger partial charge in [-0.15, -0.1) is 0 Å². The Hall–Kier alpha value is -2.37. The molecule has 6 heteroatoms. The van der Waals surface area contributed by atoms with Gasteiger partial charge in [-0.05, 0) is 55.9 Å². The minimum absolute atomic E-state index is 0.0379. The lowest BCUT2D eigenvalue weighted by atomic mass is 9.84. The number of hydrogen-bond acceptors (Lipinski definition) is 4. The largest absolute Gasteiger partial charge is 0.461 e. The molecule has 1 aromatic rings. The summed E-state index contributed by atoms with van der Waals surface area (Å²) in [6.45, 7) is 0.803. The predicted octanol–water partition coefficient (Wildman–Crippen LogP) is 2.57. The number of ether oxygens (including phenoxy) is 1. The predicted molar refractivity (Wildman–Crippen MR) is 107 cm³/mol. The normalized spacial score (nSPS) is 27.4. The molecule has 0 heterocycles. The van der Waals surface area contributed by atoms with Crippen LogP contribution in [-0.4, -0.2) is 30.4 Å². The van der Waals surface area contributed by atoms with Crippen molar-refractivity contribution >= 4 is 17.8 Å². The van der Waals surface area contributed by atoms with Crippen molar-refractivity contribution in [3.63, 3.8) is 0 Å². The molecule has 0 aromatic heterocycles. The Morgan fingerprint density at radius 2 is 1.76 bits per heavy atom. The second kappa shape index (κ2) is 8.97. The molecule has 3 aliphatic carbocycles. The molecule has 0 radical (unpaired) electrons. The van der Waals surface area contributed by atoms with Crippen LogP contribution in [0.15, 0.2) is 30.3 Å². The lowest BCUT2D eigenvalue weighted by molar-refractivity contribution is -0.153. The lowest BCUT2D eigenvalue weighted by Crippen LogP contribution is -2.47. The van der Waals surface area contributed by atoms with Crippen molar-refractivity contribution in [2.75, 3.05) is 6.54 Å². The van der Waals surface area contributed by atoms with Gasteiger partial charge in [-0.1, -0.05) is 30.3 Å². The van der Waals surface area contributed by atoms with Gasteiger partial charge in [0, 0.05) is 24.9 Å². The van der Waals surface area contributed by atoms with Gasteiger partial charge in [-0.2, -0.15) is 0 Å². The van der Waals surface area contributed by atoms with Gasteiger partial charge >= 0.3 is 5.97 Å². The number of hydrogen-bond donors (Lipinski definition) is 2. The van der Waals surface area contributed by atoms with Crippen LogP contribution in [-0.2, 0) is 25.7 Å². The van der Waals surface area contributed by atoms with Crippen molar-refractivity contribution in [1.29, 1.82) is 0 Å².